The molecular formula is C20H16N6O. The predicted octanol–water partition coefficient (Wildman–Crippen LogP) is 2.77. The van der Waals surface area contributed by atoms with Crippen molar-refractivity contribution in [2.75, 3.05) is 0 Å². The van der Waals surface area contributed by atoms with Gasteiger partial charge in [-0.25, -0.2) is 14.6 Å². The molecule has 1 unspecified atom stereocenters. The zero-order valence-corrected chi connectivity index (χ0v) is 14.3. The van der Waals surface area contributed by atoms with Crippen molar-refractivity contribution in [3.8, 4) is 23.6 Å². The van der Waals surface area contributed by atoms with Gasteiger partial charge in [0, 0.05) is 35.3 Å². The maximum absolute atomic E-state index is 12.5. The lowest BCUT2D eigenvalue weighted by Crippen LogP contribution is -2.32. The van der Waals surface area contributed by atoms with Gasteiger partial charge in [-0.3, -0.25) is 4.79 Å². The molecule has 4 aromatic rings. The summed E-state index contributed by atoms with van der Waals surface area (Å²) in [5, 5.41) is 8.21. The molecule has 2 N–H and O–H groups in total. The van der Waals surface area contributed by atoms with Gasteiger partial charge >= 0.3 is 0 Å². The number of fused-ring (bicyclic) bond motifs is 1. The summed E-state index contributed by atoms with van der Waals surface area (Å²) < 4.78 is 1.65. The van der Waals surface area contributed by atoms with Gasteiger partial charge in [-0.1, -0.05) is 18.2 Å². The lowest BCUT2D eigenvalue weighted by Gasteiger charge is -2.17. The summed E-state index contributed by atoms with van der Waals surface area (Å²) in [6, 6.07) is 10.9. The second kappa shape index (κ2) is 7.14. The van der Waals surface area contributed by atoms with Crippen LogP contribution in [0.5, 0.6) is 0 Å². The Labute approximate surface area is 155 Å². The van der Waals surface area contributed by atoms with Crippen LogP contribution < -0.4 is 5.32 Å². The molecule has 0 spiro atoms. The molecular weight excluding hydrogens is 340 g/mol. The number of benzene rings is 1. The van der Waals surface area contributed by atoms with Gasteiger partial charge in [-0.15, -0.1) is 12.3 Å². The van der Waals surface area contributed by atoms with E-state index in [9.17, 15) is 4.79 Å². The van der Waals surface area contributed by atoms with Gasteiger partial charge in [0.2, 0.25) is 0 Å². The molecule has 4 rings (SSSR count). The Kier molecular flexibility index (Phi) is 4.37. The quantitative estimate of drug-likeness (QED) is 0.538. The van der Waals surface area contributed by atoms with Crippen LogP contribution in [0.15, 0.2) is 61.3 Å². The molecule has 0 saturated heterocycles. The molecule has 0 saturated carbocycles. The van der Waals surface area contributed by atoms with Gasteiger partial charge in [0.1, 0.15) is 18.1 Å². The highest BCUT2D eigenvalue weighted by Crippen LogP contribution is 2.25. The van der Waals surface area contributed by atoms with Crippen LogP contribution in [-0.2, 0) is 0 Å². The van der Waals surface area contributed by atoms with Gasteiger partial charge in [0.05, 0.1) is 11.9 Å². The summed E-state index contributed by atoms with van der Waals surface area (Å²) in [7, 11) is 0. The number of nitrogens with one attached hydrogen (secondary N) is 2. The fourth-order valence-electron chi connectivity index (χ4n) is 2.88. The first-order chi connectivity index (χ1) is 13.3. The average Bonchev–Trinajstić information content (AvgIpc) is 3.37. The minimum Gasteiger partial charge on any atom is -0.346 e. The first-order valence-electron chi connectivity index (χ1n) is 8.38. The molecule has 1 amide bonds. The third-order valence-electron chi connectivity index (χ3n) is 4.19. The molecule has 3 aromatic heterocycles. The number of aromatic nitrogens is 5. The van der Waals surface area contributed by atoms with E-state index >= 15 is 0 Å². The van der Waals surface area contributed by atoms with Crippen molar-refractivity contribution in [1.82, 2.24) is 30.0 Å². The molecule has 1 atom stereocenters. The summed E-state index contributed by atoms with van der Waals surface area (Å²) in [4.78, 5) is 24.1. The fourth-order valence-corrected chi connectivity index (χ4v) is 2.88. The number of H-pyrrole nitrogens is 1. The van der Waals surface area contributed by atoms with Crippen molar-refractivity contribution >= 4 is 16.9 Å². The van der Waals surface area contributed by atoms with E-state index in [0.29, 0.717) is 12.0 Å². The van der Waals surface area contributed by atoms with Crippen molar-refractivity contribution < 1.29 is 4.79 Å². The van der Waals surface area contributed by atoms with Gasteiger partial charge < -0.3 is 10.3 Å². The smallest absolute Gasteiger partial charge is 0.252 e. The fraction of sp³-hybridized carbons (Fsp3) is 0.100. The number of carbonyl (C=O) groups is 1. The van der Waals surface area contributed by atoms with Crippen LogP contribution in [0, 0.1) is 12.3 Å². The molecule has 3 heterocycles. The molecule has 7 nitrogen and oxygen atoms in total. The van der Waals surface area contributed by atoms with Gasteiger partial charge in [-0.05, 0) is 18.2 Å². The second-order valence-corrected chi connectivity index (χ2v) is 5.93. The van der Waals surface area contributed by atoms with Crippen LogP contribution in [0.2, 0.25) is 0 Å². The molecule has 0 aliphatic carbocycles. The van der Waals surface area contributed by atoms with E-state index in [2.05, 4.69) is 31.3 Å². The third-order valence-corrected chi connectivity index (χ3v) is 4.19. The number of carbonyl (C=O) groups excluding carboxylic acids is 1. The highest BCUT2D eigenvalue weighted by atomic mass is 16.1. The number of nitrogens with zero attached hydrogens (tertiary/aromatic N) is 4. The maximum atomic E-state index is 12.5. The Morgan fingerprint density at radius 3 is 2.93 bits per heavy atom. The van der Waals surface area contributed by atoms with Crippen molar-refractivity contribution in [3.63, 3.8) is 0 Å². The number of amides is 1. The van der Waals surface area contributed by atoms with Crippen LogP contribution in [0.25, 0.3) is 22.3 Å². The first-order valence-corrected chi connectivity index (χ1v) is 8.38. The topological polar surface area (TPSA) is 88.5 Å². The molecule has 0 fully saturated rings. The van der Waals surface area contributed by atoms with Crippen molar-refractivity contribution in [2.45, 2.75) is 12.6 Å². The van der Waals surface area contributed by atoms with Gasteiger partial charge in [0.25, 0.3) is 5.91 Å². The van der Waals surface area contributed by atoms with Gasteiger partial charge in [-0.2, -0.15) is 5.10 Å². The zero-order chi connectivity index (χ0) is 18.6. The van der Waals surface area contributed by atoms with Crippen LogP contribution in [0.4, 0.5) is 0 Å². The largest absolute Gasteiger partial charge is 0.346 e. The summed E-state index contributed by atoms with van der Waals surface area (Å²) >= 11 is 0. The Hall–Kier alpha value is -3.92. The van der Waals surface area contributed by atoms with Gasteiger partial charge in [0.15, 0.2) is 0 Å². The highest BCUT2D eigenvalue weighted by molar-refractivity contribution is 5.94. The van der Waals surface area contributed by atoms with Crippen molar-refractivity contribution in [1.29, 1.82) is 0 Å². The average molecular weight is 356 g/mol. The summed E-state index contributed by atoms with van der Waals surface area (Å²) in [5.74, 6) is 2.39. The minimum atomic E-state index is -0.458. The number of hydrogen-bond acceptors (Lipinski definition) is 4. The lowest BCUT2D eigenvalue weighted by atomic mass is 10.2. The molecule has 7 heteroatoms. The van der Waals surface area contributed by atoms with E-state index in [-0.39, 0.29) is 5.91 Å². The number of rotatable bonds is 5. The van der Waals surface area contributed by atoms with E-state index in [1.54, 1.807) is 23.0 Å². The standard InChI is InChI=1S/C20H16N6O/c1-2-6-17(25-20(27)14-7-4-3-5-8-14)26-12-15(11-24-26)18-16-9-10-21-19(16)23-13-22-18/h1,3-5,7-13,17H,6H2,(H,25,27)(H,21,22,23). The monoisotopic (exact) mass is 356 g/mol. The third kappa shape index (κ3) is 3.28. The summed E-state index contributed by atoms with van der Waals surface area (Å²) in [6.07, 6.45) is 12.2. The SMILES string of the molecule is C#CCC(NC(=O)c1ccccc1)n1cc(-c2ncnc3[nH]ccc23)cn1. The highest BCUT2D eigenvalue weighted by Gasteiger charge is 2.17. The molecule has 0 radical (unpaired) electrons. The Bertz CT molecular complexity index is 1120. The van der Waals surface area contributed by atoms with E-state index < -0.39 is 6.17 Å². The molecule has 1 aromatic carbocycles. The van der Waals surface area contributed by atoms with Crippen molar-refractivity contribution in [3.05, 3.63) is 66.9 Å². The molecule has 0 aliphatic rings. The first kappa shape index (κ1) is 16.5. The lowest BCUT2D eigenvalue weighted by molar-refractivity contribution is 0.0917. The zero-order valence-electron chi connectivity index (χ0n) is 14.3. The van der Waals surface area contributed by atoms with E-state index in [1.165, 1.54) is 6.33 Å². The van der Waals surface area contributed by atoms with Crippen LogP contribution >= 0.6 is 0 Å². The summed E-state index contributed by atoms with van der Waals surface area (Å²) in [6.45, 7) is 0. The van der Waals surface area contributed by atoms with Crippen molar-refractivity contribution in [2.24, 2.45) is 0 Å². The molecule has 132 valence electrons. The van der Waals surface area contributed by atoms with Crippen LogP contribution in [0.1, 0.15) is 22.9 Å². The van der Waals surface area contributed by atoms with E-state index in [4.69, 9.17) is 6.42 Å². The normalized spacial score (nSPS) is 11.8. The predicted molar refractivity (Wildman–Crippen MR) is 102 cm³/mol. The van der Waals surface area contributed by atoms with Crippen LogP contribution in [0.3, 0.4) is 0 Å². The van der Waals surface area contributed by atoms with Crippen LogP contribution in [-0.4, -0.2) is 30.6 Å². The maximum Gasteiger partial charge on any atom is 0.252 e. The molecule has 0 bridgehead atoms. The number of terminal acetylenes is 1. The molecule has 27 heavy (non-hydrogen) atoms. The number of hydrogen-bond donors (Lipinski definition) is 2. The Morgan fingerprint density at radius 2 is 2.11 bits per heavy atom. The van der Waals surface area contributed by atoms with E-state index in [0.717, 1.165) is 22.3 Å². The number of aromatic amines is 1. The Morgan fingerprint density at radius 1 is 1.26 bits per heavy atom. The Balaban J connectivity index is 1.62. The minimum absolute atomic E-state index is 0.206. The molecule has 0 aliphatic heterocycles. The summed E-state index contributed by atoms with van der Waals surface area (Å²) in [5.41, 5.74) is 2.90. The van der Waals surface area contributed by atoms with E-state index in [1.807, 2.05) is 36.7 Å². The second-order valence-electron chi connectivity index (χ2n) is 5.93.